The summed E-state index contributed by atoms with van der Waals surface area (Å²) in [5.74, 6) is -0.620. The lowest BCUT2D eigenvalue weighted by atomic mass is 9.96. The summed E-state index contributed by atoms with van der Waals surface area (Å²) in [6.45, 7) is -5.48. The third kappa shape index (κ3) is 2.98. The van der Waals surface area contributed by atoms with E-state index in [0.29, 0.717) is 17.5 Å². The zero-order valence-electron chi connectivity index (χ0n) is 21.7. The summed E-state index contributed by atoms with van der Waals surface area (Å²) in [5.41, 5.74) is -0.841. The summed E-state index contributed by atoms with van der Waals surface area (Å²) < 4.78 is 61.7. The summed E-state index contributed by atoms with van der Waals surface area (Å²) in [7, 11) is 0. The predicted octanol–water partition coefficient (Wildman–Crippen LogP) is 1.16. The van der Waals surface area contributed by atoms with Gasteiger partial charge in [0.15, 0.2) is 11.6 Å². The molecule has 0 spiro atoms. The lowest BCUT2D eigenvalue weighted by Gasteiger charge is -2.38. The van der Waals surface area contributed by atoms with Crippen LogP contribution in [-0.4, -0.2) is 61.3 Å². The predicted molar refractivity (Wildman–Crippen MR) is 109 cm³/mol. The standard InChI is InChI=1S/C20H22FN7O2/c1-27(15-6-11-3-4-14(24-11)18(15)21)17-9-22-19(26-25-17)13-5-10-8-23-28(2)20(30)12(10)7-16(13)29/h5,7-9,11,14-15,18,24,29H,3-4,6H2,1-2H3/t11?,14?,15-,18+/m0/s1/i1D3,2D3. The maximum absolute atomic E-state index is 15.2. The van der Waals surface area contributed by atoms with Crippen molar-refractivity contribution in [1.82, 2.24) is 30.3 Å². The number of hydrogen-bond donors (Lipinski definition) is 2. The highest BCUT2D eigenvalue weighted by atomic mass is 19.1. The molecule has 2 aliphatic rings. The number of aromatic nitrogens is 5. The van der Waals surface area contributed by atoms with Gasteiger partial charge in [-0.3, -0.25) is 4.79 Å². The molecule has 0 radical (unpaired) electrons. The van der Waals surface area contributed by atoms with Crippen LogP contribution in [0.15, 0.2) is 29.3 Å². The first-order valence-corrected chi connectivity index (χ1v) is 9.49. The van der Waals surface area contributed by atoms with Crippen LogP contribution in [0, 0.1) is 0 Å². The number of piperidine rings is 1. The van der Waals surface area contributed by atoms with Gasteiger partial charge in [-0.05, 0) is 31.4 Å². The Balaban J connectivity index is 1.50. The first kappa shape index (κ1) is 13.2. The molecule has 2 aliphatic heterocycles. The van der Waals surface area contributed by atoms with E-state index >= 15 is 4.39 Å². The van der Waals surface area contributed by atoms with Gasteiger partial charge in [-0.1, -0.05) is 0 Å². The first-order chi connectivity index (χ1) is 16.8. The summed E-state index contributed by atoms with van der Waals surface area (Å²) in [6, 6.07) is 1.11. The number of nitrogens with zero attached hydrogens (tertiary/aromatic N) is 6. The number of nitrogens with one attached hydrogen (secondary N) is 1. The van der Waals surface area contributed by atoms with E-state index in [4.69, 9.17) is 8.22 Å². The van der Waals surface area contributed by atoms with Crippen molar-refractivity contribution in [2.75, 3.05) is 11.9 Å². The van der Waals surface area contributed by atoms with Crippen molar-refractivity contribution in [3.8, 4) is 17.1 Å². The van der Waals surface area contributed by atoms with Crippen LogP contribution in [0.1, 0.15) is 27.5 Å². The largest absolute Gasteiger partial charge is 0.507 e. The molecule has 1 aromatic carbocycles. The summed E-state index contributed by atoms with van der Waals surface area (Å²) in [5, 5.41) is 25.5. The highest BCUT2D eigenvalue weighted by Gasteiger charge is 2.43. The molecule has 5 rings (SSSR count). The number of hydrogen-bond acceptors (Lipinski definition) is 8. The molecule has 3 aromatic rings. The number of benzene rings is 1. The highest BCUT2D eigenvalue weighted by molar-refractivity contribution is 5.88. The van der Waals surface area contributed by atoms with Gasteiger partial charge in [0.05, 0.1) is 29.4 Å². The number of phenols is 1. The normalized spacial score (nSPS) is 29.4. The average molecular weight is 417 g/mol. The molecule has 30 heavy (non-hydrogen) atoms. The van der Waals surface area contributed by atoms with Crippen LogP contribution in [-0.2, 0) is 6.98 Å². The molecular formula is C20H22FN7O2. The zero-order valence-corrected chi connectivity index (χ0v) is 15.7. The van der Waals surface area contributed by atoms with Crippen molar-refractivity contribution in [2.45, 2.75) is 43.6 Å². The maximum Gasteiger partial charge on any atom is 0.274 e. The van der Waals surface area contributed by atoms with Gasteiger partial charge in [-0.2, -0.15) is 5.10 Å². The molecular weight excluding hydrogens is 389 g/mol. The van der Waals surface area contributed by atoms with Crippen LogP contribution in [0.4, 0.5) is 10.2 Å². The van der Waals surface area contributed by atoms with Gasteiger partial charge in [-0.15, -0.1) is 10.2 Å². The van der Waals surface area contributed by atoms with Gasteiger partial charge in [0.1, 0.15) is 11.9 Å². The Bertz CT molecular complexity index is 1360. The third-order valence-electron chi connectivity index (χ3n) is 5.83. The summed E-state index contributed by atoms with van der Waals surface area (Å²) in [6.07, 6.45) is 2.60. The maximum atomic E-state index is 15.2. The molecule has 0 amide bonds. The van der Waals surface area contributed by atoms with Crippen LogP contribution < -0.4 is 15.8 Å². The molecule has 2 N–H and O–H groups in total. The smallest absolute Gasteiger partial charge is 0.274 e. The number of rotatable bonds is 3. The second-order valence-electron chi connectivity index (χ2n) is 7.62. The topological polar surface area (TPSA) is 109 Å². The molecule has 4 atom stereocenters. The molecule has 2 saturated heterocycles. The average Bonchev–Trinajstić information content (AvgIpc) is 3.20. The van der Waals surface area contributed by atoms with Crippen LogP contribution in [0.25, 0.3) is 22.2 Å². The molecule has 2 unspecified atom stereocenters. The number of phenolic OH excluding ortho intramolecular Hbond substituents is 1. The van der Waals surface area contributed by atoms with Crippen molar-refractivity contribution in [3.05, 3.63) is 34.9 Å². The van der Waals surface area contributed by atoms with E-state index in [9.17, 15) is 9.90 Å². The Labute approximate surface area is 180 Å². The molecule has 2 fully saturated rings. The molecule has 4 heterocycles. The highest BCUT2D eigenvalue weighted by Crippen LogP contribution is 2.34. The lowest BCUT2D eigenvalue weighted by molar-refractivity contribution is 0.176. The van der Waals surface area contributed by atoms with Crippen LogP contribution in [0.5, 0.6) is 5.75 Å². The Morgan fingerprint density at radius 2 is 2.23 bits per heavy atom. The Morgan fingerprint density at radius 3 is 3.00 bits per heavy atom. The van der Waals surface area contributed by atoms with Crippen LogP contribution in [0.3, 0.4) is 0 Å². The second-order valence-corrected chi connectivity index (χ2v) is 7.62. The number of alkyl halides is 1. The van der Waals surface area contributed by atoms with Gasteiger partial charge in [0.2, 0.25) is 0 Å². The monoisotopic (exact) mass is 417 g/mol. The Hall–Kier alpha value is -3.14. The van der Waals surface area contributed by atoms with Crippen molar-refractivity contribution in [2.24, 2.45) is 6.98 Å². The van der Waals surface area contributed by atoms with Gasteiger partial charge in [0.25, 0.3) is 5.56 Å². The number of halogens is 1. The number of fused-ring (bicyclic) bond motifs is 3. The minimum Gasteiger partial charge on any atom is -0.507 e. The fraction of sp³-hybridized carbons (Fsp3) is 0.450. The van der Waals surface area contributed by atoms with Crippen molar-refractivity contribution in [1.29, 1.82) is 0 Å². The molecule has 156 valence electrons. The van der Waals surface area contributed by atoms with E-state index in [-0.39, 0.29) is 34.0 Å². The van der Waals surface area contributed by atoms with E-state index in [1.165, 1.54) is 6.07 Å². The summed E-state index contributed by atoms with van der Waals surface area (Å²) in [4.78, 5) is 17.6. The lowest BCUT2D eigenvalue weighted by Crippen LogP contribution is -2.55. The Kier molecular flexibility index (Phi) is 3.07. The van der Waals surface area contributed by atoms with Crippen molar-refractivity contribution < 1.29 is 17.7 Å². The minimum atomic E-state index is -2.79. The van der Waals surface area contributed by atoms with Gasteiger partial charge >= 0.3 is 0 Å². The number of aromatic hydroxyl groups is 1. The third-order valence-corrected chi connectivity index (χ3v) is 5.83. The van der Waals surface area contributed by atoms with E-state index < -0.39 is 43.5 Å². The van der Waals surface area contributed by atoms with E-state index in [2.05, 4.69) is 25.6 Å². The molecule has 0 saturated carbocycles. The SMILES string of the molecule is [2H]C([2H])([2H])N(c1cnc(-c2cc3cnn(C([2H])([2H])[2H])c(=O)c3cc2O)nn1)[C@H]1CC2CCC(N2)[C@H]1F. The quantitative estimate of drug-likeness (QED) is 0.654. The number of aryl methyl sites for hydroxylation is 1. The Morgan fingerprint density at radius 1 is 1.33 bits per heavy atom. The van der Waals surface area contributed by atoms with Gasteiger partial charge < -0.3 is 15.3 Å². The van der Waals surface area contributed by atoms with E-state index in [1.54, 1.807) is 0 Å². The zero-order chi connectivity index (χ0) is 26.0. The molecule has 9 nitrogen and oxygen atoms in total. The summed E-state index contributed by atoms with van der Waals surface area (Å²) >= 11 is 0. The molecule has 10 heteroatoms. The minimum absolute atomic E-state index is 0.0232. The fourth-order valence-electron chi connectivity index (χ4n) is 4.26. The second kappa shape index (κ2) is 6.98. The van der Waals surface area contributed by atoms with Crippen LogP contribution in [0.2, 0.25) is 0 Å². The van der Waals surface area contributed by atoms with Gasteiger partial charge in [-0.25, -0.2) is 14.1 Å². The van der Waals surface area contributed by atoms with E-state index in [1.807, 2.05) is 0 Å². The van der Waals surface area contributed by atoms with E-state index in [0.717, 1.165) is 29.8 Å². The molecule has 2 bridgehead atoms. The fourth-order valence-corrected chi connectivity index (χ4v) is 4.26. The molecule has 0 aliphatic carbocycles. The van der Waals surface area contributed by atoms with Crippen LogP contribution >= 0.6 is 0 Å². The number of anilines is 1. The van der Waals surface area contributed by atoms with Gasteiger partial charge in [0, 0.05) is 39.6 Å². The first-order valence-electron chi connectivity index (χ1n) is 12.5. The van der Waals surface area contributed by atoms with Crippen molar-refractivity contribution >= 4 is 16.6 Å². The molecule has 2 aromatic heterocycles. The van der Waals surface area contributed by atoms with Crippen molar-refractivity contribution in [3.63, 3.8) is 0 Å².